The number of nitrogens with zero attached hydrogens (tertiary/aromatic N) is 6. The number of amides is 1. The zero-order chi connectivity index (χ0) is 22.0. The summed E-state index contributed by atoms with van der Waals surface area (Å²) in [5.41, 5.74) is 0.811. The molecule has 0 saturated heterocycles. The van der Waals surface area contributed by atoms with Gasteiger partial charge in [-0.1, -0.05) is 34.8 Å². The molecule has 0 aliphatic rings. The van der Waals surface area contributed by atoms with Crippen molar-refractivity contribution in [2.75, 3.05) is 0 Å². The number of pyridine rings is 1. The quantitative estimate of drug-likeness (QED) is 0.455. The molecule has 0 spiro atoms. The average molecular weight is 475 g/mol. The molecule has 1 unspecified atom stereocenters. The highest BCUT2D eigenvalue weighted by Gasteiger charge is 2.22. The zero-order valence-electron chi connectivity index (χ0n) is 16.0. The van der Waals surface area contributed by atoms with Gasteiger partial charge in [-0.05, 0) is 37.3 Å². The molecule has 0 saturated carbocycles. The summed E-state index contributed by atoms with van der Waals surface area (Å²) in [4.78, 5) is 29.9. The molecule has 0 radical (unpaired) electrons. The first-order valence-electron chi connectivity index (χ1n) is 9.03. The van der Waals surface area contributed by atoms with Crippen LogP contribution in [0.1, 0.15) is 29.1 Å². The van der Waals surface area contributed by atoms with Crippen molar-refractivity contribution < 1.29 is 4.79 Å². The van der Waals surface area contributed by atoms with Gasteiger partial charge in [0.2, 0.25) is 5.82 Å². The molecule has 1 amide bonds. The summed E-state index contributed by atoms with van der Waals surface area (Å²) in [5.74, 6) is 0.897. The second-order valence-electron chi connectivity index (χ2n) is 6.48. The number of hydrogen-bond acceptors (Lipinski definition) is 6. The van der Waals surface area contributed by atoms with Crippen LogP contribution in [0.2, 0.25) is 15.1 Å². The van der Waals surface area contributed by atoms with Gasteiger partial charge in [0.05, 0.1) is 17.3 Å². The minimum Gasteiger partial charge on any atom is -0.342 e. The standard InChI is InChI=1S/C20H14Cl3N7O/c1-11(27-20(31)12-6-14(22)8-15(23)7-12)19-28-18(16-10-24-4-5-25-16)29-30(19)17-3-2-13(21)9-26-17/h2-11H,1H3,(H,27,31). The van der Waals surface area contributed by atoms with Crippen molar-refractivity contribution in [1.82, 2.24) is 35.0 Å². The average Bonchev–Trinajstić information content (AvgIpc) is 3.20. The molecule has 3 aromatic heterocycles. The molecule has 4 aromatic rings. The van der Waals surface area contributed by atoms with Crippen LogP contribution in [-0.4, -0.2) is 35.6 Å². The van der Waals surface area contributed by atoms with Gasteiger partial charge in [0.15, 0.2) is 11.6 Å². The van der Waals surface area contributed by atoms with Gasteiger partial charge >= 0.3 is 0 Å². The molecule has 1 aromatic carbocycles. The molecule has 3 heterocycles. The molecule has 11 heteroatoms. The molecule has 0 aliphatic heterocycles. The van der Waals surface area contributed by atoms with Crippen LogP contribution in [-0.2, 0) is 0 Å². The number of hydrogen-bond donors (Lipinski definition) is 1. The van der Waals surface area contributed by atoms with E-state index in [0.29, 0.717) is 43.8 Å². The van der Waals surface area contributed by atoms with E-state index in [0.717, 1.165) is 0 Å². The van der Waals surface area contributed by atoms with Crippen LogP contribution in [0.25, 0.3) is 17.3 Å². The zero-order valence-corrected chi connectivity index (χ0v) is 18.3. The Morgan fingerprint density at radius 1 is 1.00 bits per heavy atom. The normalized spacial score (nSPS) is 11.9. The van der Waals surface area contributed by atoms with E-state index in [1.54, 1.807) is 43.7 Å². The summed E-state index contributed by atoms with van der Waals surface area (Å²) in [6.07, 6.45) is 6.16. The maximum absolute atomic E-state index is 12.8. The Labute approximate surface area is 192 Å². The molecule has 156 valence electrons. The first kappa shape index (κ1) is 21.2. The lowest BCUT2D eigenvalue weighted by molar-refractivity contribution is 0.0938. The van der Waals surface area contributed by atoms with E-state index >= 15 is 0 Å². The fourth-order valence-electron chi connectivity index (χ4n) is 2.82. The molecule has 1 atom stereocenters. The summed E-state index contributed by atoms with van der Waals surface area (Å²) in [6, 6.07) is 7.47. The lowest BCUT2D eigenvalue weighted by atomic mass is 10.2. The summed E-state index contributed by atoms with van der Waals surface area (Å²) in [7, 11) is 0. The highest BCUT2D eigenvalue weighted by molar-refractivity contribution is 6.35. The van der Waals surface area contributed by atoms with E-state index in [-0.39, 0.29) is 5.91 Å². The molecule has 31 heavy (non-hydrogen) atoms. The second-order valence-corrected chi connectivity index (χ2v) is 7.79. The highest BCUT2D eigenvalue weighted by atomic mass is 35.5. The third kappa shape index (κ3) is 4.82. The summed E-state index contributed by atoms with van der Waals surface area (Å²) in [6.45, 7) is 1.78. The van der Waals surface area contributed by atoms with E-state index < -0.39 is 6.04 Å². The molecule has 0 bridgehead atoms. The Hall–Kier alpha value is -3.07. The van der Waals surface area contributed by atoms with Crippen LogP contribution < -0.4 is 5.32 Å². The Morgan fingerprint density at radius 3 is 2.42 bits per heavy atom. The first-order valence-corrected chi connectivity index (χ1v) is 10.2. The van der Waals surface area contributed by atoms with Gasteiger partial charge in [0, 0.05) is 34.2 Å². The van der Waals surface area contributed by atoms with Gasteiger partial charge in [-0.2, -0.15) is 4.68 Å². The monoisotopic (exact) mass is 473 g/mol. The van der Waals surface area contributed by atoms with E-state index in [1.165, 1.54) is 23.0 Å². The number of rotatable bonds is 5. The van der Waals surface area contributed by atoms with E-state index in [9.17, 15) is 4.79 Å². The lowest BCUT2D eigenvalue weighted by Gasteiger charge is -2.14. The van der Waals surface area contributed by atoms with Crippen LogP contribution in [0.4, 0.5) is 0 Å². The molecule has 0 aliphatic carbocycles. The van der Waals surface area contributed by atoms with Crippen LogP contribution in [0.5, 0.6) is 0 Å². The Kier molecular flexibility index (Phi) is 6.13. The fraction of sp³-hybridized carbons (Fsp3) is 0.100. The van der Waals surface area contributed by atoms with Crippen molar-refractivity contribution in [1.29, 1.82) is 0 Å². The minimum atomic E-state index is -0.541. The highest BCUT2D eigenvalue weighted by Crippen LogP contribution is 2.22. The number of aromatic nitrogens is 6. The molecular formula is C20H14Cl3N7O. The summed E-state index contributed by atoms with van der Waals surface area (Å²) in [5, 5.41) is 8.61. The number of benzene rings is 1. The van der Waals surface area contributed by atoms with Crippen molar-refractivity contribution in [3.05, 3.63) is 81.6 Å². The predicted octanol–water partition coefficient (Wildman–Crippen LogP) is 4.57. The maximum atomic E-state index is 12.8. The van der Waals surface area contributed by atoms with Crippen LogP contribution in [0.3, 0.4) is 0 Å². The van der Waals surface area contributed by atoms with Gasteiger partial charge in [0.25, 0.3) is 5.91 Å². The summed E-state index contributed by atoms with van der Waals surface area (Å²) < 4.78 is 1.52. The Morgan fingerprint density at radius 2 is 1.77 bits per heavy atom. The van der Waals surface area contributed by atoms with E-state index in [2.05, 4.69) is 30.4 Å². The van der Waals surface area contributed by atoms with Crippen molar-refractivity contribution >= 4 is 40.7 Å². The summed E-state index contributed by atoms with van der Waals surface area (Å²) >= 11 is 18.0. The topological polar surface area (TPSA) is 98.5 Å². The van der Waals surface area contributed by atoms with Gasteiger partial charge in [-0.3, -0.25) is 9.78 Å². The lowest BCUT2D eigenvalue weighted by Crippen LogP contribution is -2.28. The Balaban J connectivity index is 1.70. The number of carbonyl (C=O) groups is 1. The van der Waals surface area contributed by atoms with Crippen molar-refractivity contribution in [3.63, 3.8) is 0 Å². The fourth-order valence-corrected chi connectivity index (χ4v) is 3.46. The van der Waals surface area contributed by atoms with E-state index in [1.807, 2.05) is 0 Å². The van der Waals surface area contributed by atoms with Crippen LogP contribution >= 0.6 is 34.8 Å². The molecular weight excluding hydrogens is 461 g/mol. The third-order valence-electron chi connectivity index (χ3n) is 4.21. The first-order chi connectivity index (χ1) is 14.9. The van der Waals surface area contributed by atoms with Crippen molar-refractivity contribution in [2.24, 2.45) is 0 Å². The van der Waals surface area contributed by atoms with Crippen molar-refractivity contribution in [2.45, 2.75) is 13.0 Å². The van der Waals surface area contributed by atoms with E-state index in [4.69, 9.17) is 34.8 Å². The number of carbonyl (C=O) groups excluding carboxylic acids is 1. The van der Waals surface area contributed by atoms with Gasteiger partial charge in [0.1, 0.15) is 5.69 Å². The molecule has 8 nitrogen and oxygen atoms in total. The Bertz CT molecular complexity index is 1210. The molecule has 1 N–H and O–H groups in total. The van der Waals surface area contributed by atoms with Gasteiger partial charge in [-0.15, -0.1) is 5.10 Å². The molecule has 0 fully saturated rings. The number of halogens is 3. The largest absolute Gasteiger partial charge is 0.342 e. The van der Waals surface area contributed by atoms with Crippen molar-refractivity contribution in [3.8, 4) is 17.3 Å². The SMILES string of the molecule is CC(NC(=O)c1cc(Cl)cc(Cl)c1)c1nc(-c2cnccn2)nn1-c1ccc(Cl)cn1. The maximum Gasteiger partial charge on any atom is 0.251 e. The van der Waals surface area contributed by atoms with Gasteiger partial charge in [-0.25, -0.2) is 15.0 Å². The smallest absolute Gasteiger partial charge is 0.251 e. The number of nitrogens with one attached hydrogen (secondary N) is 1. The van der Waals surface area contributed by atoms with Crippen LogP contribution in [0.15, 0.2) is 55.1 Å². The second kappa shape index (κ2) is 8.97. The van der Waals surface area contributed by atoms with Gasteiger partial charge < -0.3 is 5.32 Å². The predicted molar refractivity (Wildman–Crippen MR) is 118 cm³/mol. The van der Waals surface area contributed by atoms with Crippen LogP contribution in [0, 0.1) is 0 Å². The third-order valence-corrected chi connectivity index (χ3v) is 4.87. The minimum absolute atomic E-state index is 0.328. The molecule has 4 rings (SSSR count).